The van der Waals surface area contributed by atoms with Gasteiger partial charge in [-0.25, -0.2) is 24.1 Å². The highest BCUT2D eigenvalue weighted by Gasteiger charge is 2.32. The molecule has 0 aliphatic rings. The zero-order valence-corrected chi connectivity index (χ0v) is 38.3. The molecule has 7 aromatic carbocycles. The summed E-state index contributed by atoms with van der Waals surface area (Å²) in [5.74, 6) is -0.125. The second kappa shape index (κ2) is 20.5. The van der Waals surface area contributed by atoms with E-state index >= 15 is 0 Å². The molecule has 1 atom stereocenters. The van der Waals surface area contributed by atoms with Gasteiger partial charge in [-0.1, -0.05) is 67.6 Å². The zero-order chi connectivity index (χ0) is 50.4. The Morgan fingerprint density at radius 2 is 1.04 bits per heavy atom. The molecule has 0 aliphatic carbocycles. The van der Waals surface area contributed by atoms with Crippen LogP contribution in [0.1, 0.15) is 24.0 Å². The maximum absolute atomic E-state index is 13.4. The Bertz CT molecular complexity index is 3330. The number of alkyl halides is 6. The van der Waals surface area contributed by atoms with Crippen molar-refractivity contribution in [3.05, 3.63) is 194 Å². The number of ether oxygens (including phenoxy) is 2. The number of amides is 2. The molecule has 0 saturated heterocycles. The predicted molar refractivity (Wildman–Crippen MR) is 265 cm³/mol. The standard InChI is InChI=1S/C52H38F6N10O3S/c1-32(43-9-5-6-10-45(43)63-49(69)61-37-16-11-34(12-17-37)47-59-30-67(65-47)39-20-24-41(25-21-39)70-51(53,54)55)36-15-28-44(33-7-3-2-4-8-33)46(29-36)64-50(72)62-38-18-13-35(14-19-38)48-60-31-68(66-48)40-22-26-42(27-23-40)71-52(56,57)58/h2-32H,1H3,(H2,61,63,69)(H2,62,64,72). The van der Waals surface area contributed by atoms with Crippen LogP contribution in [-0.2, 0) is 0 Å². The van der Waals surface area contributed by atoms with Gasteiger partial charge in [-0.05, 0) is 138 Å². The highest BCUT2D eigenvalue weighted by Crippen LogP contribution is 2.36. The van der Waals surface area contributed by atoms with Crippen molar-refractivity contribution in [2.45, 2.75) is 25.6 Å². The summed E-state index contributed by atoms with van der Waals surface area (Å²) in [5, 5.41) is 21.8. The van der Waals surface area contributed by atoms with E-state index in [1.165, 1.54) is 70.5 Å². The number of anilines is 4. The largest absolute Gasteiger partial charge is 0.573 e. The van der Waals surface area contributed by atoms with E-state index in [1.54, 1.807) is 24.3 Å². The molecule has 9 aromatic rings. The van der Waals surface area contributed by atoms with Crippen LogP contribution in [-0.4, -0.2) is 53.4 Å². The molecule has 20 heteroatoms. The number of urea groups is 1. The van der Waals surface area contributed by atoms with Crippen LogP contribution in [0.3, 0.4) is 0 Å². The smallest absolute Gasteiger partial charge is 0.406 e. The van der Waals surface area contributed by atoms with Crippen molar-refractivity contribution in [1.29, 1.82) is 0 Å². The number of carbonyl (C=O) groups excluding carboxylic acids is 1. The Morgan fingerprint density at radius 1 is 0.542 bits per heavy atom. The lowest BCUT2D eigenvalue weighted by molar-refractivity contribution is -0.275. The van der Waals surface area contributed by atoms with E-state index in [0.717, 1.165) is 27.9 Å². The minimum atomic E-state index is -4.80. The fourth-order valence-electron chi connectivity index (χ4n) is 7.59. The summed E-state index contributed by atoms with van der Waals surface area (Å²) in [6, 6.07) is 47.7. The van der Waals surface area contributed by atoms with Crippen LogP contribution >= 0.6 is 12.2 Å². The molecule has 362 valence electrons. The molecule has 9 rings (SSSR count). The average molecular weight is 997 g/mol. The second-order valence-electron chi connectivity index (χ2n) is 15.9. The number of thiocarbonyl (C=S) groups is 1. The molecule has 2 heterocycles. The fraction of sp³-hybridized carbons (Fsp3) is 0.0769. The maximum Gasteiger partial charge on any atom is 0.573 e. The van der Waals surface area contributed by atoms with Gasteiger partial charge in [-0.3, -0.25) is 0 Å². The summed E-state index contributed by atoms with van der Waals surface area (Å²) >= 11 is 5.83. The van der Waals surface area contributed by atoms with Crippen molar-refractivity contribution in [3.63, 3.8) is 0 Å². The van der Waals surface area contributed by atoms with Gasteiger partial charge >= 0.3 is 18.8 Å². The Hall–Kier alpha value is -9.04. The molecule has 13 nitrogen and oxygen atoms in total. The lowest BCUT2D eigenvalue weighted by Gasteiger charge is -2.21. The Balaban J connectivity index is 0.846. The van der Waals surface area contributed by atoms with Gasteiger partial charge in [-0.2, -0.15) is 0 Å². The number of nitrogens with one attached hydrogen (secondary N) is 4. The van der Waals surface area contributed by atoms with E-state index in [9.17, 15) is 31.1 Å². The van der Waals surface area contributed by atoms with E-state index < -0.39 is 18.8 Å². The van der Waals surface area contributed by atoms with Crippen LogP contribution in [0.15, 0.2) is 183 Å². The normalized spacial score (nSPS) is 11.9. The van der Waals surface area contributed by atoms with Gasteiger partial charge in [0.1, 0.15) is 24.2 Å². The van der Waals surface area contributed by atoms with Gasteiger partial charge in [-0.15, -0.1) is 36.5 Å². The molecule has 4 N–H and O–H groups in total. The molecule has 2 amide bonds. The average Bonchev–Trinajstić information content (AvgIpc) is 4.06. The molecular formula is C52H38F6N10O3S. The van der Waals surface area contributed by atoms with Crippen molar-refractivity contribution in [1.82, 2.24) is 29.5 Å². The number of rotatable bonds is 13. The van der Waals surface area contributed by atoms with Crippen LogP contribution in [0.2, 0.25) is 0 Å². The van der Waals surface area contributed by atoms with Crippen LogP contribution < -0.4 is 30.7 Å². The minimum Gasteiger partial charge on any atom is -0.406 e. The second-order valence-corrected chi connectivity index (χ2v) is 16.3. The lowest BCUT2D eigenvalue weighted by Crippen LogP contribution is -2.21. The third-order valence-corrected chi connectivity index (χ3v) is 11.2. The molecule has 0 aliphatic heterocycles. The molecular weight excluding hydrogens is 959 g/mol. The lowest BCUT2D eigenvalue weighted by atomic mass is 9.89. The first-order chi connectivity index (χ1) is 34.6. The minimum absolute atomic E-state index is 0.196. The number of aromatic nitrogens is 6. The number of nitrogens with zero attached hydrogens (tertiary/aromatic N) is 6. The van der Waals surface area contributed by atoms with Gasteiger partial charge in [0.2, 0.25) is 0 Å². The van der Waals surface area contributed by atoms with Crippen molar-refractivity contribution in [2.75, 3.05) is 21.3 Å². The number of halogens is 6. The van der Waals surface area contributed by atoms with Gasteiger partial charge in [0, 0.05) is 45.4 Å². The maximum atomic E-state index is 13.4. The number of hydrogen-bond donors (Lipinski definition) is 4. The van der Waals surface area contributed by atoms with Crippen LogP contribution in [0.25, 0.3) is 45.3 Å². The van der Waals surface area contributed by atoms with Crippen LogP contribution in [0.4, 0.5) is 53.9 Å². The van der Waals surface area contributed by atoms with Crippen molar-refractivity contribution in [2.24, 2.45) is 0 Å². The first-order valence-electron chi connectivity index (χ1n) is 21.8. The van der Waals surface area contributed by atoms with Crippen LogP contribution in [0, 0.1) is 0 Å². The SMILES string of the molecule is CC(c1ccc(-c2ccccc2)c(NC(=S)Nc2ccc(-c3ncn(-c4ccc(OC(F)(F)F)cc4)n3)cc2)c1)c1ccccc1NC(=O)Nc1ccc(-c2ncn(-c3ccc(OC(F)(F)F)cc3)n2)cc1. The highest BCUT2D eigenvalue weighted by molar-refractivity contribution is 7.80. The van der Waals surface area contributed by atoms with E-state index in [1.807, 2.05) is 104 Å². The molecule has 0 bridgehead atoms. The van der Waals surface area contributed by atoms with Gasteiger partial charge in [0.05, 0.1) is 11.4 Å². The molecule has 0 spiro atoms. The van der Waals surface area contributed by atoms with Crippen LogP contribution in [0.5, 0.6) is 11.5 Å². The Morgan fingerprint density at radius 3 is 1.57 bits per heavy atom. The third-order valence-electron chi connectivity index (χ3n) is 11.0. The number of benzene rings is 7. The predicted octanol–water partition coefficient (Wildman–Crippen LogP) is 13.3. The van der Waals surface area contributed by atoms with Crippen molar-refractivity contribution in [3.8, 4) is 56.8 Å². The number of para-hydroxylation sites is 1. The molecule has 0 saturated carbocycles. The number of carbonyl (C=O) groups is 1. The monoisotopic (exact) mass is 996 g/mol. The molecule has 72 heavy (non-hydrogen) atoms. The van der Waals surface area contributed by atoms with E-state index in [4.69, 9.17) is 12.2 Å². The third kappa shape index (κ3) is 12.0. The summed E-state index contributed by atoms with van der Waals surface area (Å²) in [6.45, 7) is 2.05. The topological polar surface area (TPSA) is 145 Å². The van der Waals surface area contributed by atoms with Gasteiger partial charge in [0.25, 0.3) is 0 Å². The van der Waals surface area contributed by atoms with Crippen molar-refractivity contribution >= 4 is 46.1 Å². The first-order valence-corrected chi connectivity index (χ1v) is 22.2. The molecule has 2 aromatic heterocycles. The van der Waals surface area contributed by atoms with Gasteiger partial charge < -0.3 is 30.7 Å². The summed E-state index contributed by atoms with van der Waals surface area (Å²) in [4.78, 5) is 22.1. The zero-order valence-electron chi connectivity index (χ0n) is 37.5. The fourth-order valence-corrected chi connectivity index (χ4v) is 7.81. The van der Waals surface area contributed by atoms with E-state index in [-0.39, 0.29) is 17.4 Å². The summed E-state index contributed by atoms with van der Waals surface area (Å²) < 4.78 is 86.3. The number of hydrogen-bond acceptors (Lipinski definition) is 8. The van der Waals surface area contributed by atoms with Gasteiger partial charge in [0.15, 0.2) is 16.8 Å². The quantitative estimate of drug-likeness (QED) is 0.0651. The molecule has 0 radical (unpaired) electrons. The molecule has 0 fully saturated rings. The Kier molecular flexibility index (Phi) is 13.7. The van der Waals surface area contributed by atoms with E-state index in [2.05, 4.69) is 50.9 Å². The summed E-state index contributed by atoms with van der Waals surface area (Å²) in [6.07, 6.45) is -6.69. The highest BCUT2D eigenvalue weighted by atomic mass is 32.1. The molecule has 1 unspecified atom stereocenters. The first kappa shape index (κ1) is 48.0. The summed E-state index contributed by atoms with van der Waals surface area (Å²) in [7, 11) is 0. The summed E-state index contributed by atoms with van der Waals surface area (Å²) in [5.41, 5.74) is 8.53. The van der Waals surface area contributed by atoms with Crippen molar-refractivity contribution < 1.29 is 40.6 Å². The van der Waals surface area contributed by atoms with E-state index in [0.29, 0.717) is 56.3 Å². The Labute approximate surface area is 412 Å².